The summed E-state index contributed by atoms with van der Waals surface area (Å²) >= 11 is 0. The van der Waals surface area contributed by atoms with Crippen molar-refractivity contribution < 1.29 is 14.4 Å². The number of para-hydroxylation sites is 1. The van der Waals surface area contributed by atoms with Crippen LogP contribution in [0.4, 0.5) is 0 Å². The number of imidazole rings is 1. The highest BCUT2D eigenvalue weighted by atomic mass is 16.2. The summed E-state index contributed by atoms with van der Waals surface area (Å²) in [5, 5.41) is 2.88. The highest BCUT2D eigenvalue weighted by Gasteiger charge is 2.50. The minimum Gasteiger partial charge on any atom is -0.350 e. The summed E-state index contributed by atoms with van der Waals surface area (Å²) in [4.78, 5) is 43.4. The molecule has 1 saturated heterocycles. The summed E-state index contributed by atoms with van der Waals surface area (Å²) in [5.41, 5.74) is 1.85. The van der Waals surface area contributed by atoms with Gasteiger partial charge in [0.05, 0.1) is 23.9 Å². The molecule has 1 N–H and O–H groups in total. The topological polar surface area (TPSA) is 84.3 Å². The first-order valence-corrected chi connectivity index (χ1v) is 9.79. The molecule has 3 amide bonds. The number of imide groups is 1. The van der Waals surface area contributed by atoms with Crippen molar-refractivity contribution in [2.45, 2.75) is 45.2 Å². The molecule has 2 aliphatic rings. The minimum atomic E-state index is -0.800. The van der Waals surface area contributed by atoms with E-state index in [1.807, 2.05) is 35.0 Å². The van der Waals surface area contributed by atoms with Gasteiger partial charge in [-0.2, -0.15) is 0 Å². The number of hydrogen-bond acceptors (Lipinski definition) is 4. The van der Waals surface area contributed by atoms with Gasteiger partial charge in [-0.15, -0.1) is 0 Å². The van der Waals surface area contributed by atoms with Gasteiger partial charge in [-0.1, -0.05) is 31.0 Å². The van der Waals surface area contributed by atoms with Gasteiger partial charge in [-0.25, -0.2) is 4.98 Å². The van der Waals surface area contributed by atoms with Gasteiger partial charge in [-0.05, 0) is 31.4 Å². The van der Waals surface area contributed by atoms with Gasteiger partial charge in [0, 0.05) is 18.9 Å². The number of likely N-dealkylation sites (tertiary alicyclic amines) is 1. The summed E-state index contributed by atoms with van der Waals surface area (Å²) in [6.45, 7) is 1.94. The van der Waals surface area contributed by atoms with Gasteiger partial charge in [0.1, 0.15) is 6.04 Å². The molecule has 2 aromatic rings. The van der Waals surface area contributed by atoms with E-state index in [2.05, 4.69) is 10.3 Å². The summed E-state index contributed by atoms with van der Waals surface area (Å²) in [7, 11) is 0. The molecule has 1 aliphatic carbocycles. The second-order valence-electron chi connectivity index (χ2n) is 7.54. The quantitative estimate of drug-likeness (QED) is 0.805. The average molecular weight is 380 g/mol. The van der Waals surface area contributed by atoms with Crippen LogP contribution in [0.5, 0.6) is 0 Å². The third kappa shape index (κ3) is 3.21. The molecule has 0 radical (unpaired) electrons. The number of carbonyl (C=O) groups is 3. The predicted molar refractivity (Wildman–Crippen MR) is 102 cm³/mol. The largest absolute Gasteiger partial charge is 0.350 e. The molecule has 2 heterocycles. The normalized spacial score (nSPS) is 22.8. The first kappa shape index (κ1) is 18.4. The zero-order chi connectivity index (χ0) is 19.7. The van der Waals surface area contributed by atoms with Crippen molar-refractivity contribution in [2.24, 2.45) is 11.8 Å². The molecule has 2 fully saturated rings. The number of rotatable bonds is 5. The summed E-state index contributed by atoms with van der Waals surface area (Å²) in [6, 6.07) is 6.91. The highest BCUT2D eigenvalue weighted by Crippen LogP contribution is 2.38. The number of carbonyl (C=O) groups excluding carboxylic acids is 3. The SMILES string of the molecule is CC(C(=O)NCc1ccccc1-n1ccnc1)N1C(=O)C2CCCCC2C1=O. The Morgan fingerprint density at radius 1 is 1.18 bits per heavy atom. The maximum Gasteiger partial charge on any atom is 0.243 e. The Labute approximate surface area is 163 Å². The molecule has 1 aromatic carbocycles. The highest BCUT2D eigenvalue weighted by molar-refractivity contribution is 6.08. The van der Waals surface area contributed by atoms with E-state index in [-0.39, 0.29) is 29.6 Å². The van der Waals surface area contributed by atoms with Crippen LogP contribution in [0.25, 0.3) is 5.69 Å². The Balaban J connectivity index is 1.45. The van der Waals surface area contributed by atoms with Gasteiger partial charge >= 0.3 is 0 Å². The lowest BCUT2D eigenvalue weighted by molar-refractivity contribution is -0.147. The Morgan fingerprint density at radius 3 is 2.50 bits per heavy atom. The van der Waals surface area contributed by atoms with E-state index < -0.39 is 6.04 Å². The first-order valence-electron chi connectivity index (χ1n) is 9.79. The fraction of sp³-hybridized carbons (Fsp3) is 0.429. The molecule has 7 nitrogen and oxygen atoms in total. The number of hydrogen-bond donors (Lipinski definition) is 1. The fourth-order valence-corrected chi connectivity index (χ4v) is 4.33. The van der Waals surface area contributed by atoms with Crippen molar-refractivity contribution in [1.82, 2.24) is 19.8 Å². The fourth-order valence-electron chi connectivity index (χ4n) is 4.33. The van der Waals surface area contributed by atoms with E-state index in [9.17, 15) is 14.4 Å². The molecular weight excluding hydrogens is 356 g/mol. The van der Waals surface area contributed by atoms with Crippen molar-refractivity contribution in [2.75, 3.05) is 0 Å². The van der Waals surface area contributed by atoms with Crippen molar-refractivity contribution in [3.8, 4) is 5.69 Å². The smallest absolute Gasteiger partial charge is 0.243 e. The monoisotopic (exact) mass is 380 g/mol. The predicted octanol–water partition coefficient (Wildman–Crippen LogP) is 2.05. The molecule has 1 aliphatic heterocycles. The zero-order valence-corrected chi connectivity index (χ0v) is 15.9. The molecule has 3 atom stereocenters. The van der Waals surface area contributed by atoms with E-state index in [0.717, 1.165) is 36.9 Å². The van der Waals surface area contributed by atoms with Gasteiger partial charge in [0.2, 0.25) is 17.7 Å². The van der Waals surface area contributed by atoms with Crippen LogP contribution in [-0.4, -0.2) is 38.2 Å². The summed E-state index contributed by atoms with van der Waals surface area (Å²) < 4.78 is 1.88. The van der Waals surface area contributed by atoms with Crippen LogP contribution in [0.2, 0.25) is 0 Å². The first-order chi connectivity index (χ1) is 13.6. The lowest BCUT2D eigenvalue weighted by Gasteiger charge is -2.22. The molecule has 28 heavy (non-hydrogen) atoms. The molecule has 1 aromatic heterocycles. The molecule has 0 spiro atoms. The lowest BCUT2D eigenvalue weighted by atomic mass is 9.81. The van der Waals surface area contributed by atoms with E-state index >= 15 is 0 Å². The van der Waals surface area contributed by atoms with Gasteiger partial charge in [-0.3, -0.25) is 19.3 Å². The number of benzene rings is 1. The van der Waals surface area contributed by atoms with Gasteiger partial charge in [0.25, 0.3) is 0 Å². The average Bonchev–Trinajstić information content (AvgIpc) is 3.34. The second-order valence-corrected chi connectivity index (χ2v) is 7.54. The molecule has 3 unspecified atom stereocenters. The van der Waals surface area contributed by atoms with Crippen LogP contribution in [0.1, 0.15) is 38.2 Å². The number of aromatic nitrogens is 2. The maximum atomic E-state index is 12.7. The van der Waals surface area contributed by atoms with Crippen LogP contribution in [0.15, 0.2) is 43.0 Å². The maximum absolute atomic E-state index is 12.7. The zero-order valence-electron chi connectivity index (χ0n) is 15.9. The van der Waals surface area contributed by atoms with E-state index in [0.29, 0.717) is 6.54 Å². The van der Waals surface area contributed by atoms with E-state index in [4.69, 9.17) is 0 Å². The summed E-state index contributed by atoms with van der Waals surface area (Å²) in [6.07, 6.45) is 8.68. The molecule has 7 heteroatoms. The number of amides is 3. The second kappa shape index (κ2) is 7.58. The Bertz CT molecular complexity index is 869. The Morgan fingerprint density at radius 2 is 1.86 bits per heavy atom. The molecule has 4 rings (SSSR count). The standard InChI is InChI=1S/C21H24N4O3/c1-14(25-20(27)16-7-3-4-8-17(16)21(25)28)19(26)23-12-15-6-2-5-9-18(15)24-11-10-22-13-24/h2,5-6,9-11,13-14,16-17H,3-4,7-8,12H2,1H3,(H,23,26). The lowest BCUT2D eigenvalue weighted by Crippen LogP contribution is -2.48. The van der Waals surface area contributed by atoms with Crippen molar-refractivity contribution in [3.63, 3.8) is 0 Å². The molecular formula is C21H24N4O3. The van der Waals surface area contributed by atoms with Gasteiger partial charge in [0.15, 0.2) is 0 Å². The van der Waals surface area contributed by atoms with Crippen molar-refractivity contribution in [1.29, 1.82) is 0 Å². The van der Waals surface area contributed by atoms with Crippen LogP contribution in [-0.2, 0) is 20.9 Å². The minimum absolute atomic E-state index is 0.184. The van der Waals surface area contributed by atoms with Crippen LogP contribution in [0, 0.1) is 11.8 Å². The van der Waals surface area contributed by atoms with Crippen molar-refractivity contribution in [3.05, 3.63) is 48.5 Å². The van der Waals surface area contributed by atoms with Crippen LogP contribution >= 0.6 is 0 Å². The van der Waals surface area contributed by atoms with E-state index in [1.54, 1.807) is 19.4 Å². The summed E-state index contributed by atoms with van der Waals surface area (Å²) in [5.74, 6) is -1.16. The molecule has 0 bridgehead atoms. The third-order valence-corrected chi connectivity index (χ3v) is 5.87. The number of nitrogens with zero attached hydrogens (tertiary/aromatic N) is 3. The van der Waals surface area contributed by atoms with Crippen LogP contribution < -0.4 is 5.32 Å². The molecule has 1 saturated carbocycles. The molecule has 146 valence electrons. The van der Waals surface area contributed by atoms with Crippen LogP contribution in [0.3, 0.4) is 0 Å². The van der Waals surface area contributed by atoms with Crippen molar-refractivity contribution >= 4 is 17.7 Å². The number of fused-ring (bicyclic) bond motifs is 1. The Hall–Kier alpha value is -2.96. The number of nitrogens with one attached hydrogen (secondary N) is 1. The van der Waals surface area contributed by atoms with E-state index in [1.165, 1.54) is 4.90 Å². The third-order valence-electron chi connectivity index (χ3n) is 5.87. The Kier molecular flexibility index (Phi) is 4.98. The van der Waals surface area contributed by atoms with Gasteiger partial charge < -0.3 is 9.88 Å².